The van der Waals surface area contributed by atoms with E-state index in [9.17, 15) is 9.59 Å². The Bertz CT molecular complexity index is 515. The first-order chi connectivity index (χ1) is 10.3. The number of carboxylic acids is 1. The summed E-state index contributed by atoms with van der Waals surface area (Å²) in [4.78, 5) is 23.4. The Morgan fingerprint density at radius 3 is 2.41 bits per heavy atom. The summed E-state index contributed by atoms with van der Waals surface area (Å²) < 4.78 is 10.4. The van der Waals surface area contributed by atoms with Crippen molar-refractivity contribution in [3.05, 3.63) is 29.3 Å². The molecule has 0 spiro atoms. The van der Waals surface area contributed by atoms with Gasteiger partial charge in [-0.05, 0) is 38.1 Å². The SMILES string of the molecule is COCCC(NC(=O)C(C)(C)Oc1ccc(Cl)cc1)C(=O)O. The maximum Gasteiger partial charge on any atom is 0.326 e. The lowest BCUT2D eigenvalue weighted by atomic mass is 10.1. The van der Waals surface area contributed by atoms with Gasteiger partial charge in [-0.15, -0.1) is 0 Å². The largest absolute Gasteiger partial charge is 0.480 e. The predicted molar refractivity (Wildman–Crippen MR) is 82.2 cm³/mol. The third-order valence-electron chi connectivity index (χ3n) is 2.95. The molecule has 1 unspecified atom stereocenters. The summed E-state index contributed by atoms with van der Waals surface area (Å²) in [5, 5.41) is 12.1. The molecule has 0 saturated heterocycles. The molecular weight excluding hydrogens is 310 g/mol. The van der Waals surface area contributed by atoms with Gasteiger partial charge < -0.3 is 19.9 Å². The van der Waals surface area contributed by atoms with Crippen LogP contribution in [0, 0.1) is 0 Å². The van der Waals surface area contributed by atoms with Crippen LogP contribution in [-0.4, -0.2) is 42.3 Å². The second kappa shape index (κ2) is 8.00. The molecule has 0 aliphatic heterocycles. The van der Waals surface area contributed by atoms with E-state index in [1.54, 1.807) is 38.1 Å². The van der Waals surface area contributed by atoms with Gasteiger partial charge in [0.1, 0.15) is 11.8 Å². The Kier molecular flexibility index (Phi) is 6.64. The summed E-state index contributed by atoms with van der Waals surface area (Å²) >= 11 is 5.79. The summed E-state index contributed by atoms with van der Waals surface area (Å²) in [5.41, 5.74) is -1.23. The third kappa shape index (κ3) is 5.54. The molecule has 1 aromatic carbocycles. The van der Waals surface area contributed by atoms with Gasteiger partial charge in [-0.3, -0.25) is 4.79 Å². The number of aliphatic carboxylic acids is 1. The van der Waals surface area contributed by atoms with E-state index >= 15 is 0 Å². The minimum Gasteiger partial charge on any atom is -0.480 e. The molecule has 1 atom stereocenters. The first-order valence-electron chi connectivity index (χ1n) is 6.73. The van der Waals surface area contributed by atoms with Gasteiger partial charge in [-0.1, -0.05) is 11.6 Å². The highest BCUT2D eigenvalue weighted by molar-refractivity contribution is 6.30. The minimum atomic E-state index is -1.23. The van der Waals surface area contributed by atoms with Crippen molar-refractivity contribution in [1.82, 2.24) is 5.32 Å². The van der Waals surface area contributed by atoms with Crippen molar-refractivity contribution >= 4 is 23.5 Å². The van der Waals surface area contributed by atoms with Crippen LogP contribution >= 0.6 is 11.6 Å². The van der Waals surface area contributed by atoms with Crippen LogP contribution in [0.1, 0.15) is 20.3 Å². The van der Waals surface area contributed by atoms with Crippen LogP contribution in [0.5, 0.6) is 5.75 Å². The number of carbonyl (C=O) groups excluding carboxylic acids is 1. The van der Waals surface area contributed by atoms with E-state index in [1.807, 2.05) is 0 Å². The molecule has 7 heteroatoms. The lowest BCUT2D eigenvalue weighted by Gasteiger charge is -2.27. The second-order valence-electron chi connectivity index (χ2n) is 5.21. The number of ether oxygens (including phenoxy) is 2. The molecule has 6 nitrogen and oxygen atoms in total. The maximum absolute atomic E-state index is 12.2. The monoisotopic (exact) mass is 329 g/mol. The van der Waals surface area contributed by atoms with Crippen LogP contribution in [0.15, 0.2) is 24.3 Å². The van der Waals surface area contributed by atoms with Crippen LogP contribution in [0.4, 0.5) is 0 Å². The highest BCUT2D eigenvalue weighted by atomic mass is 35.5. The molecule has 122 valence electrons. The molecule has 0 bridgehead atoms. The molecule has 0 radical (unpaired) electrons. The van der Waals surface area contributed by atoms with Crippen molar-refractivity contribution in [2.45, 2.75) is 31.9 Å². The lowest BCUT2D eigenvalue weighted by molar-refractivity contribution is -0.145. The smallest absolute Gasteiger partial charge is 0.326 e. The topological polar surface area (TPSA) is 84.9 Å². The summed E-state index contributed by atoms with van der Waals surface area (Å²) in [6.45, 7) is 3.36. The standard InChI is InChI=1S/C15H20ClNO5/c1-15(2,22-11-6-4-10(16)5-7-11)14(20)17-12(13(18)19)8-9-21-3/h4-7,12H,8-9H2,1-3H3,(H,17,20)(H,18,19). The van der Waals surface area contributed by atoms with Crippen LogP contribution in [0.25, 0.3) is 0 Å². The van der Waals surface area contributed by atoms with Crippen LogP contribution in [0.2, 0.25) is 5.02 Å². The van der Waals surface area contributed by atoms with Gasteiger partial charge in [0.2, 0.25) is 0 Å². The average Bonchev–Trinajstić information content (AvgIpc) is 2.45. The predicted octanol–water partition coefficient (Wildman–Crippen LogP) is 2.10. The van der Waals surface area contributed by atoms with Crippen LogP contribution in [-0.2, 0) is 14.3 Å². The minimum absolute atomic E-state index is 0.175. The molecular formula is C15H20ClNO5. The van der Waals surface area contributed by atoms with E-state index in [2.05, 4.69) is 5.32 Å². The fourth-order valence-corrected chi connectivity index (χ4v) is 1.79. The van der Waals surface area contributed by atoms with Crippen molar-refractivity contribution < 1.29 is 24.2 Å². The van der Waals surface area contributed by atoms with Gasteiger partial charge in [0.15, 0.2) is 5.60 Å². The first-order valence-corrected chi connectivity index (χ1v) is 7.11. The lowest BCUT2D eigenvalue weighted by Crippen LogP contribution is -2.52. The first kappa shape index (κ1) is 18.3. The van der Waals surface area contributed by atoms with Crippen molar-refractivity contribution in [2.75, 3.05) is 13.7 Å². The molecule has 1 aromatic rings. The fraction of sp³-hybridized carbons (Fsp3) is 0.467. The summed E-state index contributed by atoms with van der Waals surface area (Å²) in [7, 11) is 1.47. The number of hydrogen-bond donors (Lipinski definition) is 2. The zero-order valence-electron chi connectivity index (χ0n) is 12.8. The van der Waals surface area contributed by atoms with Gasteiger partial charge >= 0.3 is 5.97 Å². The normalized spacial score (nSPS) is 12.5. The zero-order valence-corrected chi connectivity index (χ0v) is 13.5. The van der Waals surface area contributed by atoms with E-state index in [-0.39, 0.29) is 13.0 Å². The third-order valence-corrected chi connectivity index (χ3v) is 3.20. The zero-order chi connectivity index (χ0) is 16.8. The summed E-state index contributed by atoms with van der Waals surface area (Å²) in [6, 6.07) is 5.53. The Balaban J connectivity index is 2.71. The maximum atomic E-state index is 12.2. The van der Waals surface area contributed by atoms with E-state index in [4.69, 9.17) is 26.2 Å². The van der Waals surface area contributed by atoms with Crippen LogP contribution in [0.3, 0.4) is 0 Å². The van der Waals surface area contributed by atoms with Gasteiger partial charge in [-0.2, -0.15) is 0 Å². The number of benzene rings is 1. The summed E-state index contributed by atoms with van der Waals surface area (Å²) in [5.74, 6) is -1.17. The molecule has 1 amide bonds. The van der Waals surface area contributed by atoms with E-state index in [0.29, 0.717) is 10.8 Å². The van der Waals surface area contributed by atoms with E-state index in [1.165, 1.54) is 7.11 Å². The number of rotatable bonds is 8. The van der Waals surface area contributed by atoms with Crippen molar-refractivity contribution in [3.63, 3.8) is 0 Å². The van der Waals surface area contributed by atoms with Crippen molar-refractivity contribution in [2.24, 2.45) is 0 Å². The quantitative estimate of drug-likeness (QED) is 0.763. The molecule has 0 aromatic heterocycles. The Morgan fingerprint density at radius 1 is 1.32 bits per heavy atom. The molecule has 0 heterocycles. The van der Waals surface area contributed by atoms with E-state index in [0.717, 1.165) is 0 Å². The Labute approximate surface area is 134 Å². The highest BCUT2D eigenvalue weighted by Crippen LogP contribution is 2.21. The van der Waals surface area contributed by atoms with Gasteiger partial charge in [0.25, 0.3) is 5.91 Å². The summed E-state index contributed by atoms with van der Waals surface area (Å²) in [6.07, 6.45) is 0.175. The number of nitrogens with one attached hydrogen (secondary N) is 1. The van der Waals surface area contributed by atoms with Crippen molar-refractivity contribution in [3.8, 4) is 5.75 Å². The van der Waals surface area contributed by atoms with Gasteiger partial charge in [0, 0.05) is 25.2 Å². The van der Waals surface area contributed by atoms with E-state index < -0.39 is 23.5 Å². The number of carbonyl (C=O) groups is 2. The molecule has 22 heavy (non-hydrogen) atoms. The Hall–Kier alpha value is -1.79. The number of hydrogen-bond acceptors (Lipinski definition) is 4. The van der Waals surface area contributed by atoms with Gasteiger partial charge in [0.05, 0.1) is 0 Å². The number of methoxy groups -OCH3 is 1. The van der Waals surface area contributed by atoms with Gasteiger partial charge in [-0.25, -0.2) is 4.79 Å². The molecule has 0 saturated carbocycles. The van der Waals surface area contributed by atoms with Crippen molar-refractivity contribution in [1.29, 1.82) is 0 Å². The molecule has 0 aliphatic rings. The number of amides is 1. The highest BCUT2D eigenvalue weighted by Gasteiger charge is 2.33. The molecule has 0 aliphatic carbocycles. The average molecular weight is 330 g/mol. The van der Waals surface area contributed by atoms with Crippen LogP contribution < -0.4 is 10.1 Å². The molecule has 1 rings (SSSR count). The Morgan fingerprint density at radius 2 is 1.91 bits per heavy atom. The molecule has 2 N–H and O–H groups in total. The fourth-order valence-electron chi connectivity index (χ4n) is 1.67. The molecule has 0 fully saturated rings. The number of halogens is 1. The number of carboxylic acid groups (broad SMARTS) is 1. The second-order valence-corrected chi connectivity index (χ2v) is 5.65.